The summed E-state index contributed by atoms with van der Waals surface area (Å²) >= 11 is 5.95. The smallest absolute Gasteiger partial charge is 0.414 e. The van der Waals surface area contributed by atoms with Gasteiger partial charge in [-0.1, -0.05) is 29.8 Å². The van der Waals surface area contributed by atoms with Crippen molar-refractivity contribution >= 4 is 17.7 Å². The Morgan fingerprint density at radius 2 is 1.88 bits per heavy atom. The van der Waals surface area contributed by atoms with Gasteiger partial charge < -0.3 is 19.7 Å². The molecular formula is C19H23ClN2O3. The fourth-order valence-electron chi connectivity index (χ4n) is 2.29. The normalized spacial score (nSPS) is 11.7. The molecule has 0 aliphatic rings. The summed E-state index contributed by atoms with van der Waals surface area (Å²) in [5.74, 6) is 1.28. The molecule has 2 aromatic carbocycles. The van der Waals surface area contributed by atoms with E-state index in [0.29, 0.717) is 17.4 Å². The van der Waals surface area contributed by atoms with Gasteiger partial charge in [0.15, 0.2) is 0 Å². The van der Waals surface area contributed by atoms with E-state index in [2.05, 4.69) is 5.32 Å². The Balaban J connectivity index is 1.90. The predicted octanol–water partition coefficient (Wildman–Crippen LogP) is 4.13. The van der Waals surface area contributed by atoms with Gasteiger partial charge in [-0.05, 0) is 42.9 Å². The summed E-state index contributed by atoms with van der Waals surface area (Å²) in [6.45, 7) is 0.559. The lowest BCUT2D eigenvalue weighted by Gasteiger charge is -2.18. The standard InChI is InChI=1S/C19H23ClN2O3/c1-21-18(11-12-24-17-6-4-5-15(20)13-17)14-7-9-16(10-8-14)25-19(23)22(2)3/h4-10,13,18,21H,11-12H2,1-3H3. The van der Waals surface area contributed by atoms with Crippen LogP contribution in [0.25, 0.3) is 0 Å². The zero-order valence-corrected chi connectivity index (χ0v) is 15.4. The number of ether oxygens (including phenoxy) is 2. The fraction of sp³-hybridized carbons (Fsp3) is 0.316. The summed E-state index contributed by atoms with van der Waals surface area (Å²) in [6, 6.07) is 15.0. The van der Waals surface area contributed by atoms with Crippen LogP contribution in [0.1, 0.15) is 18.0 Å². The van der Waals surface area contributed by atoms with Gasteiger partial charge in [-0.2, -0.15) is 0 Å². The van der Waals surface area contributed by atoms with E-state index < -0.39 is 6.09 Å². The minimum absolute atomic E-state index is 0.137. The van der Waals surface area contributed by atoms with Gasteiger partial charge in [0.25, 0.3) is 0 Å². The molecule has 5 nitrogen and oxygen atoms in total. The van der Waals surface area contributed by atoms with Gasteiger partial charge in [0.1, 0.15) is 11.5 Å². The first-order valence-electron chi connectivity index (χ1n) is 8.04. The van der Waals surface area contributed by atoms with Crippen LogP contribution in [-0.4, -0.2) is 38.7 Å². The molecule has 1 atom stereocenters. The van der Waals surface area contributed by atoms with Crippen LogP contribution in [0.3, 0.4) is 0 Å². The minimum Gasteiger partial charge on any atom is -0.493 e. The second-order valence-electron chi connectivity index (χ2n) is 5.77. The van der Waals surface area contributed by atoms with E-state index in [0.717, 1.165) is 17.7 Å². The highest BCUT2D eigenvalue weighted by atomic mass is 35.5. The van der Waals surface area contributed by atoms with E-state index in [-0.39, 0.29) is 6.04 Å². The number of benzene rings is 2. The third-order valence-electron chi connectivity index (χ3n) is 3.67. The summed E-state index contributed by atoms with van der Waals surface area (Å²) < 4.78 is 11.0. The molecule has 0 radical (unpaired) electrons. The zero-order valence-electron chi connectivity index (χ0n) is 14.7. The molecule has 25 heavy (non-hydrogen) atoms. The van der Waals surface area contributed by atoms with E-state index in [4.69, 9.17) is 21.1 Å². The molecule has 0 aliphatic heterocycles. The highest BCUT2D eigenvalue weighted by Crippen LogP contribution is 2.22. The van der Waals surface area contributed by atoms with Gasteiger partial charge in [-0.15, -0.1) is 0 Å². The number of nitrogens with one attached hydrogen (secondary N) is 1. The molecule has 0 heterocycles. The maximum Gasteiger partial charge on any atom is 0.414 e. The van der Waals surface area contributed by atoms with Crippen molar-refractivity contribution in [3.05, 3.63) is 59.1 Å². The first kappa shape index (κ1) is 19.1. The maximum atomic E-state index is 11.6. The van der Waals surface area contributed by atoms with Crippen molar-refractivity contribution in [2.75, 3.05) is 27.7 Å². The number of carbonyl (C=O) groups is 1. The number of rotatable bonds is 7. The second-order valence-corrected chi connectivity index (χ2v) is 6.20. The maximum absolute atomic E-state index is 11.6. The van der Waals surface area contributed by atoms with Crippen molar-refractivity contribution in [2.24, 2.45) is 0 Å². The summed E-state index contributed by atoms with van der Waals surface area (Å²) in [7, 11) is 5.20. The average molecular weight is 363 g/mol. The lowest BCUT2D eigenvalue weighted by Crippen LogP contribution is -2.25. The molecule has 1 N–H and O–H groups in total. The highest BCUT2D eigenvalue weighted by Gasteiger charge is 2.11. The fourth-order valence-corrected chi connectivity index (χ4v) is 2.47. The molecule has 1 amide bonds. The van der Waals surface area contributed by atoms with Gasteiger partial charge in [-0.3, -0.25) is 0 Å². The molecule has 0 aromatic heterocycles. The van der Waals surface area contributed by atoms with Gasteiger partial charge in [0.05, 0.1) is 6.61 Å². The summed E-state index contributed by atoms with van der Waals surface area (Å²) in [6.07, 6.45) is 0.396. The van der Waals surface area contributed by atoms with Crippen LogP contribution in [0, 0.1) is 0 Å². The SMILES string of the molecule is CNC(CCOc1cccc(Cl)c1)c1ccc(OC(=O)N(C)C)cc1. The largest absolute Gasteiger partial charge is 0.493 e. The molecular weight excluding hydrogens is 340 g/mol. The van der Waals surface area contributed by atoms with Crippen molar-refractivity contribution in [3.63, 3.8) is 0 Å². The second kappa shape index (κ2) is 9.30. The average Bonchev–Trinajstić information content (AvgIpc) is 2.59. The monoisotopic (exact) mass is 362 g/mol. The Bertz CT molecular complexity index is 689. The Morgan fingerprint density at radius 3 is 2.48 bits per heavy atom. The Morgan fingerprint density at radius 1 is 1.16 bits per heavy atom. The van der Waals surface area contributed by atoms with Crippen LogP contribution in [-0.2, 0) is 0 Å². The number of hydrogen-bond acceptors (Lipinski definition) is 4. The van der Waals surface area contributed by atoms with Crippen LogP contribution >= 0.6 is 11.6 Å². The molecule has 0 saturated heterocycles. The molecule has 1 unspecified atom stereocenters. The number of carbonyl (C=O) groups excluding carboxylic acids is 1. The molecule has 2 aromatic rings. The molecule has 2 rings (SSSR count). The summed E-state index contributed by atoms with van der Waals surface area (Å²) in [5, 5.41) is 3.93. The van der Waals surface area contributed by atoms with Crippen LogP contribution in [0.4, 0.5) is 4.79 Å². The topological polar surface area (TPSA) is 50.8 Å². The lowest BCUT2D eigenvalue weighted by atomic mass is 10.0. The van der Waals surface area contributed by atoms with Crippen LogP contribution in [0.5, 0.6) is 11.5 Å². The van der Waals surface area contributed by atoms with E-state index in [1.807, 2.05) is 37.4 Å². The Hall–Kier alpha value is -2.24. The van der Waals surface area contributed by atoms with Gasteiger partial charge in [0, 0.05) is 31.6 Å². The van der Waals surface area contributed by atoms with E-state index in [1.54, 1.807) is 32.3 Å². The van der Waals surface area contributed by atoms with Crippen molar-refractivity contribution in [1.29, 1.82) is 0 Å². The van der Waals surface area contributed by atoms with E-state index >= 15 is 0 Å². The van der Waals surface area contributed by atoms with Gasteiger partial charge in [-0.25, -0.2) is 4.79 Å². The number of nitrogens with zero attached hydrogens (tertiary/aromatic N) is 1. The molecule has 0 saturated carbocycles. The van der Waals surface area contributed by atoms with Crippen LogP contribution < -0.4 is 14.8 Å². The molecule has 0 bridgehead atoms. The van der Waals surface area contributed by atoms with E-state index in [9.17, 15) is 4.79 Å². The van der Waals surface area contributed by atoms with Crippen molar-refractivity contribution in [3.8, 4) is 11.5 Å². The predicted molar refractivity (Wildman–Crippen MR) is 99.5 cm³/mol. The quantitative estimate of drug-likeness (QED) is 0.804. The Labute approximate surface area is 153 Å². The number of halogens is 1. The molecule has 6 heteroatoms. The molecule has 0 spiro atoms. The van der Waals surface area contributed by atoms with Crippen molar-refractivity contribution in [2.45, 2.75) is 12.5 Å². The third-order valence-corrected chi connectivity index (χ3v) is 3.91. The molecule has 0 aliphatic carbocycles. The van der Waals surface area contributed by atoms with Crippen molar-refractivity contribution < 1.29 is 14.3 Å². The third kappa shape index (κ3) is 5.96. The first-order chi connectivity index (χ1) is 12.0. The molecule has 134 valence electrons. The number of hydrogen-bond donors (Lipinski definition) is 1. The van der Waals surface area contributed by atoms with Crippen LogP contribution in [0.15, 0.2) is 48.5 Å². The van der Waals surface area contributed by atoms with E-state index in [1.165, 1.54) is 4.90 Å². The first-order valence-corrected chi connectivity index (χ1v) is 8.42. The van der Waals surface area contributed by atoms with Crippen molar-refractivity contribution in [1.82, 2.24) is 10.2 Å². The highest BCUT2D eigenvalue weighted by molar-refractivity contribution is 6.30. The van der Waals surface area contributed by atoms with Gasteiger partial charge in [0.2, 0.25) is 0 Å². The van der Waals surface area contributed by atoms with Gasteiger partial charge >= 0.3 is 6.09 Å². The molecule has 0 fully saturated rings. The zero-order chi connectivity index (χ0) is 18.2. The van der Waals surface area contributed by atoms with Crippen LogP contribution in [0.2, 0.25) is 5.02 Å². The summed E-state index contributed by atoms with van der Waals surface area (Å²) in [4.78, 5) is 12.9. The minimum atomic E-state index is -0.396. The lowest BCUT2D eigenvalue weighted by molar-refractivity contribution is 0.172. The Kier molecular flexibility index (Phi) is 7.10. The number of amides is 1. The summed E-state index contributed by atoms with van der Waals surface area (Å²) in [5.41, 5.74) is 1.10.